The molecule has 2 nitrogen and oxygen atoms in total. The Bertz CT molecular complexity index is 651. The second-order valence-electron chi connectivity index (χ2n) is 6.36. The van der Waals surface area contributed by atoms with E-state index >= 15 is 0 Å². The summed E-state index contributed by atoms with van der Waals surface area (Å²) >= 11 is 0. The van der Waals surface area contributed by atoms with E-state index in [1.54, 1.807) is 0 Å². The molecule has 0 amide bonds. The molecule has 0 bridgehead atoms. The van der Waals surface area contributed by atoms with Crippen LogP contribution in [0.25, 0.3) is 10.8 Å². The van der Waals surface area contributed by atoms with Crippen molar-refractivity contribution in [2.75, 3.05) is 19.6 Å². The second kappa shape index (κ2) is 8.14. The summed E-state index contributed by atoms with van der Waals surface area (Å²) in [4.78, 5) is 2.29. The highest BCUT2D eigenvalue weighted by Crippen LogP contribution is 2.34. The summed E-state index contributed by atoms with van der Waals surface area (Å²) in [6.45, 7) is 6.99. The molecule has 0 radical (unpaired) electrons. The molecule has 1 N–H and O–H groups in total. The van der Waals surface area contributed by atoms with Crippen molar-refractivity contribution in [2.24, 2.45) is 0 Å². The molecule has 0 spiro atoms. The Morgan fingerprint density at radius 1 is 1.04 bits per heavy atom. The van der Waals surface area contributed by atoms with Crippen molar-refractivity contribution in [3.8, 4) is 0 Å². The lowest BCUT2D eigenvalue weighted by molar-refractivity contribution is 0.120. The van der Waals surface area contributed by atoms with Crippen molar-refractivity contribution in [1.82, 2.24) is 4.90 Å². The maximum atomic E-state index is 10.8. The third-order valence-corrected chi connectivity index (χ3v) is 5.09. The van der Waals surface area contributed by atoms with Crippen LogP contribution in [-0.2, 0) is 12.8 Å². The molecule has 3 rings (SSSR count). The van der Waals surface area contributed by atoms with E-state index in [1.807, 2.05) is 0 Å². The minimum Gasteiger partial charge on any atom is -0.387 e. The summed E-state index contributed by atoms with van der Waals surface area (Å²) in [5.74, 6) is 0. The van der Waals surface area contributed by atoms with E-state index in [0.717, 1.165) is 31.6 Å². The molecule has 2 aromatic rings. The molecule has 0 aliphatic heterocycles. The summed E-state index contributed by atoms with van der Waals surface area (Å²) in [7, 11) is 0. The molecule has 1 aliphatic carbocycles. The first-order valence-corrected chi connectivity index (χ1v) is 8.68. The Hall–Kier alpha value is -1.09. The van der Waals surface area contributed by atoms with Gasteiger partial charge in [-0.25, -0.2) is 0 Å². The van der Waals surface area contributed by atoms with Gasteiger partial charge in [-0.05, 0) is 66.2 Å². The van der Waals surface area contributed by atoms with E-state index in [4.69, 9.17) is 0 Å². The lowest BCUT2D eigenvalue weighted by Gasteiger charge is -2.26. The number of fused-ring (bicyclic) bond motifs is 3. The standard InChI is InChI=1S/C20H27NO.ClH/c1-3-21(4-2)14-20(22)19-13-15-9-5-6-10-16(15)17-11-7-8-12-18(17)19;/h7-8,11-13,20,22H,3-6,9-10,14H2,1-2H3;1H. The Balaban J connectivity index is 0.00000192. The van der Waals surface area contributed by atoms with Crippen LogP contribution in [0.2, 0.25) is 0 Å². The van der Waals surface area contributed by atoms with E-state index in [-0.39, 0.29) is 12.4 Å². The van der Waals surface area contributed by atoms with E-state index in [2.05, 4.69) is 49.1 Å². The molecule has 1 unspecified atom stereocenters. The first-order valence-electron chi connectivity index (χ1n) is 8.68. The van der Waals surface area contributed by atoms with Gasteiger partial charge in [0, 0.05) is 6.54 Å². The van der Waals surface area contributed by atoms with Gasteiger partial charge in [0.15, 0.2) is 0 Å². The average molecular weight is 334 g/mol. The summed E-state index contributed by atoms with van der Waals surface area (Å²) in [6, 6.07) is 10.9. The number of hydrogen-bond donors (Lipinski definition) is 1. The molecular weight excluding hydrogens is 306 g/mol. The fourth-order valence-electron chi connectivity index (χ4n) is 3.76. The molecule has 2 aromatic carbocycles. The first kappa shape index (κ1) is 18.3. The predicted octanol–water partition coefficient (Wildman–Crippen LogP) is 4.52. The van der Waals surface area contributed by atoms with Gasteiger partial charge in [0.25, 0.3) is 0 Å². The van der Waals surface area contributed by atoms with Gasteiger partial charge in [-0.3, -0.25) is 0 Å². The van der Waals surface area contributed by atoms with E-state index < -0.39 is 6.10 Å². The van der Waals surface area contributed by atoms with Crippen LogP contribution in [0.15, 0.2) is 30.3 Å². The number of aliphatic hydroxyl groups excluding tert-OH is 1. The van der Waals surface area contributed by atoms with E-state index in [0.29, 0.717) is 0 Å². The number of aryl methyl sites for hydroxylation is 2. The smallest absolute Gasteiger partial charge is 0.0923 e. The van der Waals surface area contributed by atoms with Crippen molar-refractivity contribution in [1.29, 1.82) is 0 Å². The second-order valence-corrected chi connectivity index (χ2v) is 6.36. The third-order valence-electron chi connectivity index (χ3n) is 5.09. The molecule has 1 atom stereocenters. The molecule has 23 heavy (non-hydrogen) atoms. The van der Waals surface area contributed by atoms with Gasteiger partial charge in [0.2, 0.25) is 0 Å². The van der Waals surface area contributed by atoms with Crippen molar-refractivity contribution < 1.29 is 5.11 Å². The number of nitrogens with zero attached hydrogens (tertiary/aromatic N) is 1. The molecule has 126 valence electrons. The first-order chi connectivity index (χ1) is 10.7. The predicted molar refractivity (Wildman–Crippen MR) is 101 cm³/mol. The van der Waals surface area contributed by atoms with Gasteiger partial charge in [0.05, 0.1) is 6.10 Å². The zero-order valence-corrected chi connectivity index (χ0v) is 15.0. The highest BCUT2D eigenvalue weighted by atomic mass is 35.5. The fourth-order valence-corrected chi connectivity index (χ4v) is 3.76. The SMILES string of the molecule is CCN(CC)CC(O)c1cc2c(c3ccccc13)CCCC2.Cl. The normalized spacial score (nSPS) is 15.3. The molecule has 1 aliphatic rings. The Morgan fingerprint density at radius 3 is 2.39 bits per heavy atom. The molecule has 0 aromatic heterocycles. The van der Waals surface area contributed by atoms with Crippen molar-refractivity contribution >= 4 is 23.2 Å². The topological polar surface area (TPSA) is 23.5 Å². The van der Waals surface area contributed by atoms with Crippen LogP contribution in [0, 0.1) is 0 Å². The number of halogens is 1. The zero-order valence-electron chi connectivity index (χ0n) is 14.2. The summed E-state index contributed by atoms with van der Waals surface area (Å²) in [5, 5.41) is 13.4. The largest absolute Gasteiger partial charge is 0.387 e. The number of hydrogen-bond acceptors (Lipinski definition) is 2. The van der Waals surface area contributed by atoms with Crippen LogP contribution >= 0.6 is 12.4 Å². The van der Waals surface area contributed by atoms with Gasteiger partial charge >= 0.3 is 0 Å². The minimum atomic E-state index is -0.406. The van der Waals surface area contributed by atoms with Gasteiger partial charge < -0.3 is 10.0 Å². The van der Waals surface area contributed by atoms with Crippen LogP contribution in [0.5, 0.6) is 0 Å². The molecule has 0 heterocycles. The molecule has 0 saturated heterocycles. The lowest BCUT2D eigenvalue weighted by Crippen LogP contribution is -2.28. The molecular formula is C20H28ClNO. The summed E-state index contributed by atoms with van der Waals surface area (Å²) in [5.41, 5.74) is 4.09. The van der Waals surface area contributed by atoms with Gasteiger partial charge in [-0.15, -0.1) is 12.4 Å². The van der Waals surface area contributed by atoms with Crippen LogP contribution in [-0.4, -0.2) is 29.6 Å². The number of likely N-dealkylation sites (N-methyl/N-ethyl adjacent to an activating group) is 1. The maximum Gasteiger partial charge on any atom is 0.0923 e. The summed E-state index contributed by atoms with van der Waals surface area (Å²) in [6.07, 6.45) is 4.50. The molecule has 0 saturated carbocycles. The van der Waals surface area contributed by atoms with E-state index in [9.17, 15) is 5.11 Å². The monoisotopic (exact) mass is 333 g/mol. The quantitative estimate of drug-likeness (QED) is 0.869. The van der Waals surface area contributed by atoms with Crippen molar-refractivity contribution in [3.63, 3.8) is 0 Å². The lowest BCUT2D eigenvalue weighted by atomic mass is 9.84. The van der Waals surface area contributed by atoms with Crippen molar-refractivity contribution in [2.45, 2.75) is 45.6 Å². The Kier molecular flexibility index (Phi) is 6.46. The fraction of sp³-hybridized carbons (Fsp3) is 0.500. The zero-order chi connectivity index (χ0) is 15.5. The van der Waals surface area contributed by atoms with Crippen LogP contribution < -0.4 is 0 Å². The third kappa shape index (κ3) is 3.71. The summed E-state index contributed by atoms with van der Waals surface area (Å²) < 4.78 is 0. The number of aliphatic hydroxyl groups is 1. The highest BCUT2D eigenvalue weighted by Gasteiger charge is 2.19. The Labute approximate surface area is 145 Å². The van der Waals surface area contributed by atoms with Crippen LogP contribution in [0.4, 0.5) is 0 Å². The maximum absolute atomic E-state index is 10.8. The van der Waals surface area contributed by atoms with Crippen molar-refractivity contribution in [3.05, 3.63) is 47.0 Å². The molecule has 3 heteroatoms. The van der Waals surface area contributed by atoms with Gasteiger partial charge in [-0.1, -0.05) is 44.2 Å². The Morgan fingerprint density at radius 2 is 1.70 bits per heavy atom. The van der Waals surface area contributed by atoms with Gasteiger partial charge in [0.1, 0.15) is 0 Å². The minimum absolute atomic E-state index is 0. The van der Waals surface area contributed by atoms with Crippen LogP contribution in [0.3, 0.4) is 0 Å². The van der Waals surface area contributed by atoms with E-state index in [1.165, 1.54) is 41.2 Å². The van der Waals surface area contributed by atoms with Gasteiger partial charge in [-0.2, -0.15) is 0 Å². The highest BCUT2D eigenvalue weighted by molar-refractivity contribution is 5.90. The number of benzene rings is 2. The average Bonchev–Trinajstić information content (AvgIpc) is 2.58. The number of rotatable bonds is 5. The van der Waals surface area contributed by atoms with Crippen LogP contribution in [0.1, 0.15) is 49.5 Å². The molecule has 0 fully saturated rings.